The summed E-state index contributed by atoms with van der Waals surface area (Å²) in [5.74, 6) is 0.662. The lowest BCUT2D eigenvalue weighted by molar-refractivity contribution is -0.645. The molecule has 1 N–H and O–H groups in total. The largest absolute Gasteiger partial charge is 0.491 e. The van der Waals surface area contributed by atoms with E-state index < -0.39 is 6.10 Å². The Kier molecular flexibility index (Phi) is 4.32. The molecule has 0 amide bonds. The second kappa shape index (κ2) is 6.38. The predicted octanol–water partition coefficient (Wildman–Crippen LogP) is 2.56. The van der Waals surface area contributed by atoms with Crippen LogP contribution in [0.25, 0.3) is 11.0 Å². The molecule has 0 aliphatic heterocycles. The van der Waals surface area contributed by atoms with Crippen LogP contribution in [-0.4, -0.2) is 22.4 Å². The lowest BCUT2D eigenvalue weighted by Gasteiger charge is -2.11. The van der Waals surface area contributed by atoms with E-state index >= 15 is 0 Å². The van der Waals surface area contributed by atoms with Crippen molar-refractivity contribution in [3.63, 3.8) is 0 Å². The Morgan fingerprint density at radius 1 is 1.23 bits per heavy atom. The number of aromatic nitrogens is 2. The zero-order chi connectivity index (χ0) is 15.5. The number of nitrogens with zero attached hydrogens (tertiary/aromatic N) is 2. The topological polar surface area (TPSA) is 38.3 Å². The van der Waals surface area contributed by atoms with Gasteiger partial charge in [0.05, 0.1) is 7.05 Å². The molecular weight excluding hydrogens is 300 g/mol. The molecule has 3 rings (SSSR count). The highest BCUT2D eigenvalue weighted by Gasteiger charge is 2.16. The van der Waals surface area contributed by atoms with Gasteiger partial charge in [-0.3, -0.25) is 0 Å². The number of hydrogen-bond donors (Lipinski definition) is 1. The molecule has 1 unspecified atom stereocenters. The molecule has 0 fully saturated rings. The van der Waals surface area contributed by atoms with Crippen molar-refractivity contribution in [1.82, 2.24) is 4.57 Å². The minimum absolute atomic E-state index is 0.219. The standard InChI is InChI=1S/C17H18ClN2O2/c1-19-12-20(17-8-3-2-7-16(17)19)10-14(21)11-22-15-6-4-5-13(18)9-15/h2-9,12,14,21H,10-11H2,1H3/q+1. The van der Waals surface area contributed by atoms with Crippen molar-refractivity contribution >= 4 is 22.6 Å². The minimum Gasteiger partial charge on any atom is -0.491 e. The van der Waals surface area contributed by atoms with Crippen molar-refractivity contribution in [2.24, 2.45) is 7.05 Å². The van der Waals surface area contributed by atoms with E-state index in [1.54, 1.807) is 12.1 Å². The third-order valence-electron chi connectivity index (χ3n) is 3.53. The molecule has 0 saturated heterocycles. The van der Waals surface area contributed by atoms with Gasteiger partial charge in [-0.1, -0.05) is 29.8 Å². The molecule has 0 radical (unpaired) electrons. The normalized spacial score (nSPS) is 12.5. The maximum Gasteiger partial charge on any atom is 0.244 e. The molecule has 0 spiro atoms. The molecule has 0 saturated carbocycles. The highest BCUT2D eigenvalue weighted by Crippen LogP contribution is 2.17. The van der Waals surface area contributed by atoms with Gasteiger partial charge in [0.2, 0.25) is 6.33 Å². The number of aryl methyl sites for hydroxylation is 1. The first-order valence-corrected chi connectivity index (χ1v) is 7.51. The summed E-state index contributed by atoms with van der Waals surface area (Å²) in [5.41, 5.74) is 2.22. The predicted molar refractivity (Wildman–Crippen MR) is 86.1 cm³/mol. The fraction of sp³-hybridized carbons (Fsp3) is 0.235. The van der Waals surface area contributed by atoms with Crippen molar-refractivity contribution in [3.8, 4) is 5.75 Å². The number of hydrogen-bond acceptors (Lipinski definition) is 2. The third kappa shape index (κ3) is 3.24. The summed E-state index contributed by atoms with van der Waals surface area (Å²) in [6.07, 6.45) is 1.38. The van der Waals surface area contributed by atoms with Gasteiger partial charge in [0.1, 0.15) is 25.0 Å². The van der Waals surface area contributed by atoms with E-state index in [1.165, 1.54) is 0 Å². The highest BCUT2D eigenvalue weighted by atomic mass is 35.5. The van der Waals surface area contributed by atoms with E-state index in [1.807, 2.05) is 52.8 Å². The van der Waals surface area contributed by atoms with Crippen molar-refractivity contribution in [2.75, 3.05) is 6.61 Å². The zero-order valence-electron chi connectivity index (χ0n) is 12.3. The average molecular weight is 318 g/mol. The summed E-state index contributed by atoms with van der Waals surface area (Å²) in [6.45, 7) is 0.693. The molecule has 0 aliphatic rings. The summed E-state index contributed by atoms with van der Waals surface area (Å²) in [5, 5.41) is 10.8. The Bertz CT molecular complexity index is 785. The highest BCUT2D eigenvalue weighted by molar-refractivity contribution is 6.30. The number of halogens is 1. The molecule has 3 aromatic rings. The summed E-state index contributed by atoms with van der Waals surface area (Å²) in [7, 11) is 1.99. The molecule has 5 heteroatoms. The van der Waals surface area contributed by atoms with E-state index in [0.717, 1.165) is 11.0 Å². The number of imidazole rings is 1. The number of benzene rings is 2. The summed E-state index contributed by atoms with van der Waals surface area (Å²) >= 11 is 5.91. The van der Waals surface area contributed by atoms with E-state index in [9.17, 15) is 5.11 Å². The minimum atomic E-state index is -0.602. The maximum atomic E-state index is 10.2. The number of fused-ring (bicyclic) bond motifs is 1. The second-order valence-electron chi connectivity index (χ2n) is 5.29. The molecule has 22 heavy (non-hydrogen) atoms. The van der Waals surface area contributed by atoms with E-state index in [4.69, 9.17) is 16.3 Å². The fourth-order valence-corrected chi connectivity index (χ4v) is 2.69. The van der Waals surface area contributed by atoms with Gasteiger partial charge in [0.25, 0.3) is 0 Å². The van der Waals surface area contributed by atoms with Crippen LogP contribution in [0.3, 0.4) is 0 Å². The van der Waals surface area contributed by atoms with Gasteiger partial charge in [-0.05, 0) is 30.3 Å². The molecular formula is C17H18ClN2O2+. The first kappa shape index (κ1) is 14.9. The van der Waals surface area contributed by atoms with Gasteiger partial charge in [-0.15, -0.1) is 0 Å². The van der Waals surface area contributed by atoms with Gasteiger partial charge in [0, 0.05) is 5.02 Å². The smallest absolute Gasteiger partial charge is 0.244 e. The van der Waals surface area contributed by atoms with E-state index in [0.29, 0.717) is 17.3 Å². The monoisotopic (exact) mass is 317 g/mol. The van der Waals surface area contributed by atoms with Gasteiger partial charge in [0.15, 0.2) is 11.0 Å². The van der Waals surface area contributed by atoms with Crippen LogP contribution in [0.2, 0.25) is 5.02 Å². The van der Waals surface area contributed by atoms with E-state index in [-0.39, 0.29) is 6.61 Å². The molecule has 2 aromatic carbocycles. The number of ether oxygens (including phenoxy) is 1. The van der Waals surface area contributed by atoms with Crippen molar-refractivity contribution in [1.29, 1.82) is 0 Å². The molecule has 4 nitrogen and oxygen atoms in total. The molecule has 0 bridgehead atoms. The van der Waals surface area contributed by atoms with Gasteiger partial charge in [-0.2, -0.15) is 0 Å². The van der Waals surface area contributed by atoms with Crippen molar-refractivity contribution in [3.05, 3.63) is 59.9 Å². The van der Waals surface area contributed by atoms with Crippen LogP contribution in [0.15, 0.2) is 54.9 Å². The number of rotatable bonds is 5. The number of aliphatic hydroxyl groups excluding tert-OH is 1. The van der Waals surface area contributed by atoms with Crippen LogP contribution in [-0.2, 0) is 13.6 Å². The number of aliphatic hydroxyl groups is 1. The Balaban J connectivity index is 1.67. The SMILES string of the molecule is C[n+]1cn(CC(O)COc2cccc(Cl)c2)c2ccccc21. The first-order valence-electron chi connectivity index (χ1n) is 7.13. The summed E-state index contributed by atoms with van der Waals surface area (Å²) in [4.78, 5) is 0. The van der Waals surface area contributed by atoms with Crippen LogP contribution in [0.5, 0.6) is 5.75 Å². The van der Waals surface area contributed by atoms with Gasteiger partial charge >= 0.3 is 0 Å². The maximum absolute atomic E-state index is 10.2. The Morgan fingerprint density at radius 2 is 2.05 bits per heavy atom. The molecule has 0 aliphatic carbocycles. The van der Waals surface area contributed by atoms with Crippen LogP contribution >= 0.6 is 11.6 Å². The Morgan fingerprint density at radius 3 is 2.86 bits per heavy atom. The Labute approximate surface area is 134 Å². The van der Waals surface area contributed by atoms with Crippen LogP contribution in [0, 0.1) is 0 Å². The molecule has 1 heterocycles. The zero-order valence-corrected chi connectivity index (χ0v) is 13.1. The van der Waals surface area contributed by atoms with Gasteiger partial charge < -0.3 is 9.84 Å². The quantitative estimate of drug-likeness (QED) is 0.735. The fourth-order valence-electron chi connectivity index (χ4n) is 2.51. The third-order valence-corrected chi connectivity index (χ3v) is 3.76. The average Bonchev–Trinajstić information content (AvgIpc) is 2.82. The van der Waals surface area contributed by atoms with Crippen LogP contribution in [0.4, 0.5) is 0 Å². The van der Waals surface area contributed by atoms with Crippen molar-refractivity contribution < 1.29 is 14.4 Å². The van der Waals surface area contributed by atoms with E-state index in [2.05, 4.69) is 6.07 Å². The molecule has 1 aromatic heterocycles. The summed E-state index contributed by atoms with van der Waals surface area (Å²) < 4.78 is 9.66. The van der Waals surface area contributed by atoms with Gasteiger partial charge in [-0.25, -0.2) is 9.13 Å². The van der Waals surface area contributed by atoms with Crippen molar-refractivity contribution in [2.45, 2.75) is 12.6 Å². The van der Waals surface area contributed by atoms with Crippen LogP contribution < -0.4 is 9.30 Å². The first-order chi connectivity index (χ1) is 10.6. The molecule has 1 atom stereocenters. The number of para-hydroxylation sites is 2. The molecule has 114 valence electrons. The lowest BCUT2D eigenvalue weighted by atomic mass is 10.3. The second-order valence-corrected chi connectivity index (χ2v) is 5.73. The lowest BCUT2D eigenvalue weighted by Crippen LogP contribution is -2.27. The Hall–Kier alpha value is -2.04. The summed E-state index contributed by atoms with van der Waals surface area (Å²) in [6, 6.07) is 15.3. The van der Waals surface area contributed by atoms with Crippen LogP contribution in [0.1, 0.15) is 0 Å².